The number of amides is 1. The van der Waals surface area contributed by atoms with Gasteiger partial charge in [-0.15, -0.1) is 0 Å². The van der Waals surface area contributed by atoms with Crippen molar-refractivity contribution in [3.8, 4) is 0 Å². The molecule has 1 N–H and O–H groups in total. The lowest BCUT2D eigenvalue weighted by Crippen LogP contribution is -2.29. The zero-order chi connectivity index (χ0) is 13.0. The van der Waals surface area contributed by atoms with Gasteiger partial charge in [-0.1, -0.05) is 13.3 Å². The highest BCUT2D eigenvalue weighted by Gasteiger charge is 2.27. The Labute approximate surface area is 108 Å². The van der Waals surface area contributed by atoms with Gasteiger partial charge >= 0.3 is 0 Å². The fourth-order valence-corrected chi connectivity index (χ4v) is 2.41. The van der Waals surface area contributed by atoms with Gasteiger partial charge in [0.1, 0.15) is 5.82 Å². The third-order valence-electron chi connectivity index (χ3n) is 3.53. The maximum Gasteiger partial charge on any atom is 0.257 e. The predicted octanol–water partition coefficient (Wildman–Crippen LogP) is 2.39. The van der Waals surface area contributed by atoms with Crippen LogP contribution in [0.2, 0.25) is 0 Å². The number of hydrogen-bond acceptors (Lipinski definition) is 3. The van der Waals surface area contributed by atoms with Gasteiger partial charge in [0, 0.05) is 25.8 Å². The zero-order valence-corrected chi connectivity index (χ0v) is 11.1. The second kappa shape index (κ2) is 5.85. The van der Waals surface area contributed by atoms with E-state index in [4.69, 9.17) is 0 Å². The highest BCUT2D eigenvalue weighted by atomic mass is 16.2. The van der Waals surface area contributed by atoms with Crippen molar-refractivity contribution in [2.24, 2.45) is 5.92 Å². The van der Waals surface area contributed by atoms with E-state index in [2.05, 4.69) is 17.2 Å². The largest absolute Gasteiger partial charge is 0.370 e. The summed E-state index contributed by atoms with van der Waals surface area (Å²) in [6.07, 6.45) is 3.99. The van der Waals surface area contributed by atoms with E-state index in [1.54, 1.807) is 6.20 Å². The highest BCUT2D eigenvalue weighted by Crippen LogP contribution is 2.22. The maximum atomic E-state index is 12.5. The SMILES string of the molecule is CCNc1ncccc1C(=O)N1CCC(CC)C1. The number of anilines is 1. The summed E-state index contributed by atoms with van der Waals surface area (Å²) in [6.45, 7) is 6.72. The summed E-state index contributed by atoms with van der Waals surface area (Å²) in [5, 5.41) is 3.15. The standard InChI is InChI=1S/C14H21N3O/c1-3-11-7-9-17(10-11)14(18)12-6-5-8-16-13(12)15-4-2/h5-6,8,11H,3-4,7,9-10H2,1-2H3,(H,15,16). The normalized spacial score (nSPS) is 19.0. The zero-order valence-electron chi connectivity index (χ0n) is 11.1. The van der Waals surface area contributed by atoms with Gasteiger partial charge in [0.25, 0.3) is 5.91 Å². The van der Waals surface area contributed by atoms with Crippen LogP contribution in [0.3, 0.4) is 0 Å². The average Bonchev–Trinajstić information content (AvgIpc) is 2.88. The molecule has 1 saturated heterocycles. The number of nitrogens with one attached hydrogen (secondary N) is 1. The number of aromatic nitrogens is 1. The lowest BCUT2D eigenvalue weighted by atomic mass is 10.1. The van der Waals surface area contributed by atoms with Crippen molar-refractivity contribution in [3.63, 3.8) is 0 Å². The molecule has 4 nitrogen and oxygen atoms in total. The molecule has 18 heavy (non-hydrogen) atoms. The van der Waals surface area contributed by atoms with Gasteiger partial charge in [0.05, 0.1) is 5.56 Å². The molecular weight excluding hydrogens is 226 g/mol. The molecule has 1 aromatic heterocycles. The number of nitrogens with zero attached hydrogens (tertiary/aromatic N) is 2. The van der Waals surface area contributed by atoms with Crippen LogP contribution >= 0.6 is 0 Å². The Bertz CT molecular complexity index is 419. The third kappa shape index (κ3) is 2.63. The Morgan fingerprint density at radius 3 is 3.06 bits per heavy atom. The molecule has 2 heterocycles. The molecule has 1 aliphatic heterocycles. The quantitative estimate of drug-likeness (QED) is 0.888. The number of carbonyl (C=O) groups excluding carboxylic acids is 1. The van der Waals surface area contributed by atoms with E-state index in [-0.39, 0.29) is 5.91 Å². The van der Waals surface area contributed by atoms with Crippen LogP contribution in [-0.2, 0) is 0 Å². The van der Waals surface area contributed by atoms with Crippen LogP contribution in [0.15, 0.2) is 18.3 Å². The van der Waals surface area contributed by atoms with E-state index in [0.29, 0.717) is 17.3 Å². The predicted molar refractivity (Wildman–Crippen MR) is 72.7 cm³/mol. The molecule has 0 spiro atoms. The van der Waals surface area contributed by atoms with Crippen molar-refractivity contribution in [1.29, 1.82) is 0 Å². The fourth-order valence-electron chi connectivity index (χ4n) is 2.41. The molecule has 98 valence electrons. The van der Waals surface area contributed by atoms with E-state index in [9.17, 15) is 4.79 Å². The van der Waals surface area contributed by atoms with E-state index < -0.39 is 0 Å². The van der Waals surface area contributed by atoms with Gasteiger partial charge in [-0.25, -0.2) is 4.98 Å². The molecule has 1 aliphatic rings. The topological polar surface area (TPSA) is 45.2 Å². The number of likely N-dealkylation sites (tertiary alicyclic amines) is 1. The third-order valence-corrected chi connectivity index (χ3v) is 3.53. The Hall–Kier alpha value is -1.58. The second-order valence-corrected chi connectivity index (χ2v) is 4.74. The number of pyridine rings is 1. The van der Waals surface area contributed by atoms with Gasteiger partial charge in [-0.2, -0.15) is 0 Å². The Kier molecular flexibility index (Phi) is 4.18. The molecule has 1 fully saturated rings. The summed E-state index contributed by atoms with van der Waals surface area (Å²) >= 11 is 0. The van der Waals surface area contributed by atoms with Gasteiger partial charge < -0.3 is 10.2 Å². The van der Waals surface area contributed by atoms with Crippen LogP contribution in [0.1, 0.15) is 37.0 Å². The van der Waals surface area contributed by atoms with Crippen LogP contribution in [0, 0.1) is 5.92 Å². The number of carbonyl (C=O) groups is 1. The Morgan fingerprint density at radius 1 is 1.56 bits per heavy atom. The number of hydrogen-bond donors (Lipinski definition) is 1. The van der Waals surface area contributed by atoms with Crippen LogP contribution in [-0.4, -0.2) is 35.4 Å². The van der Waals surface area contributed by atoms with Crippen molar-refractivity contribution in [2.75, 3.05) is 25.0 Å². The molecule has 2 rings (SSSR count). The maximum absolute atomic E-state index is 12.5. The summed E-state index contributed by atoms with van der Waals surface area (Å²) in [4.78, 5) is 18.6. The lowest BCUT2D eigenvalue weighted by Gasteiger charge is -2.18. The average molecular weight is 247 g/mol. The minimum Gasteiger partial charge on any atom is -0.370 e. The molecule has 4 heteroatoms. The van der Waals surface area contributed by atoms with Crippen LogP contribution in [0.4, 0.5) is 5.82 Å². The summed E-state index contributed by atoms with van der Waals surface area (Å²) in [7, 11) is 0. The van der Waals surface area contributed by atoms with Crippen LogP contribution in [0.25, 0.3) is 0 Å². The van der Waals surface area contributed by atoms with E-state index in [1.807, 2.05) is 24.0 Å². The highest BCUT2D eigenvalue weighted by molar-refractivity contribution is 5.98. The minimum absolute atomic E-state index is 0.106. The lowest BCUT2D eigenvalue weighted by molar-refractivity contribution is 0.0787. The van der Waals surface area contributed by atoms with Crippen LogP contribution < -0.4 is 5.32 Å². The molecule has 0 bridgehead atoms. The Balaban J connectivity index is 2.14. The molecule has 1 atom stereocenters. The van der Waals surface area contributed by atoms with Gasteiger partial charge in [-0.05, 0) is 31.4 Å². The van der Waals surface area contributed by atoms with E-state index >= 15 is 0 Å². The molecular formula is C14H21N3O. The molecule has 0 saturated carbocycles. The van der Waals surface area contributed by atoms with Gasteiger partial charge in [-0.3, -0.25) is 4.79 Å². The molecule has 1 unspecified atom stereocenters. The van der Waals surface area contributed by atoms with Crippen LogP contribution in [0.5, 0.6) is 0 Å². The van der Waals surface area contributed by atoms with Crippen molar-refractivity contribution < 1.29 is 4.79 Å². The van der Waals surface area contributed by atoms with Crippen molar-refractivity contribution >= 4 is 11.7 Å². The van der Waals surface area contributed by atoms with Crippen molar-refractivity contribution in [1.82, 2.24) is 9.88 Å². The first-order chi connectivity index (χ1) is 8.76. The van der Waals surface area contributed by atoms with Crippen molar-refractivity contribution in [2.45, 2.75) is 26.7 Å². The molecule has 0 aromatic carbocycles. The first kappa shape index (κ1) is 12.9. The second-order valence-electron chi connectivity index (χ2n) is 4.74. The van der Waals surface area contributed by atoms with E-state index in [1.165, 1.54) is 0 Å². The monoisotopic (exact) mass is 247 g/mol. The summed E-state index contributed by atoms with van der Waals surface area (Å²) in [5.41, 5.74) is 0.691. The van der Waals surface area contributed by atoms with Gasteiger partial charge in [0.15, 0.2) is 0 Å². The Morgan fingerprint density at radius 2 is 2.39 bits per heavy atom. The molecule has 1 aromatic rings. The first-order valence-corrected chi connectivity index (χ1v) is 6.74. The number of rotatable bonds is 4. The summed E-state index contributed by atoms with van der Waals surface area (Å²) < 4.78 is 0. The molecule has 0 radical (unpaired) electrons. The summed E-state index contributed by atoms with van der Waals surface area (Å²) in [5.74, 6) is 1.47. The molecule has 1 amide bonds. The fraction of sp³-hybridized carbons (Fsp3) is 0.571. The van der Waals surface area contributed by atoms with Crippen molar-refractivity contribution in [3.05, 3.63) is 23.9 Å². The summed E-state index contributed by atoms with van der Waals surface area (Å²) in [6, 6.07) is 3.67. The smallest absolute Gasteiger partial charge is 0.257 e. The first-order valence-electron chi connectivity index (χ1n) is 6.74. The van der Waals surface area contributed by atoms with Gasteiger partial charge in [0.2, 0.25) is 0 Å². The van der Waals surface area contributed by atoms with E-state index in [0.717, 1.165) is 32.5 Å². The molecule has 0 aliphatic carbocycles. The minimum atomic E-state index is 0.106.